The zero-order chi connectivity index (χ0) is 24.6. The Morgan fingerprint density at radius 3 is 2.41 bits per heavy atom. The van der Waals surface area contributed by atoms with Crippen molar-refractivity contribution in [3.8, 4) is 6.07 Å². The fourth-order valence-electron chi connectivity index (χ4n) is 4.62. The van der Waals surface area contributed by atoms with Crippen molar-refractivity contribution in [2.75, 3.05) is 0 Å². The standard InChI is InChI=1S/C25H28FN3O4S/c1-17(2)14-25(33-23(30)29-24(16-27)12-13-24)15-21(34(31,32)20-6-4-3-5-7-20)22(28-25)18-8-10-19(26)11-9-18/h3-11,17,21-22,28H,12-15H2,1-2H3,(H,29,30)/t21-,22+,25+/m0/s1. The van der Waals surface area contributed by atoms with Gasteiger partial charge in [-0.15, -0.1) is 0 Å². The second-order valence-electron chi connectivity index (χ2n) is 9.57. The Morgan fingerprint density at radius 1 is 1.21 bits per heavy atom. The summed E-state index contributed by atoms with van der Waals surface area (Å²) in [7, 11) is -3.84. The lowest BCUT2D eigenvalue weighted by Gasteiger charge is -2.32. The summed E-state index contributed by atoms with van der Waals surface area (Å²) in [6.07, 6.45) is 0.706. The summed E-state index contributed by atoms with van der Waals surface area (Å²) in [5.41, 5.74) is -1.62. The van der Waals surface area contributed by atoms with Crippen molar-refractivity contribution in [3.63, 3.8) is 0 Å². The highest BCUT2D eigenvalue weighted by Gasteiger charge is 2.54. The Morgan fingerprint density at radius 2 is 1.85 bits per heavy atom. The molecule has 1 saturated heterocycles. The topological polar surface area (TPSA) is 108 Å². The molecule has 3 atom stereocenters. The molecule has 2 aromatic carbocycles. The number of nitrogens with one attached hydrogen (secondary N) is 2. The molecule has 1 amide bonds. The summed E-state index contributed by atoms with van der Waals surface area (Å²) in [4.78, 5) is 13.0. The van der Waals surface area contributed by atoms with Crippen LogP contribution in [-0.4, -0.2) is 31.0 Å². The number of carbonyl (C=O) groups excluding carboxylic acids is 1. The summed E-state index contributed by atoms with van der Waals surface area (Å²) < 4.78 is 46.9. The van der Waals surface area contributed by atoms with Gasteiger partial charge in [-0.2, -0.15) is 5.26 Å². The smallest absolute Gasteiger partial charge is 0.410 e. The highest BCUT2D eigenvalue weighted by atomic mass is 32.2. The van der Waals surface area contributed by atoms with Gasteiger partial charge in [-0.05, 0) is 48.6 Å². The van der Waals surface area contributed by atoms with Crippen LogP contribution in [0.2, 0.25) is 0 Å². The summed E-state index contributed by atoms with van der Waals surface area (Å²) in [5, 5.41) is 14.3. The first-order valence-electron chi connectivity index (χ1n) is 11.3. The molecule has 0 aromatic heterocycles. The normalized spacial score (nSPS) is 25.5. The minimum atomic E-state index is -3.84. The monoisotopic (exact) mass is 485 g/mol. The molecule has 2 aliphatic rings. The van der Waals surface area contributed by atoms with Crippen LogP contribution in [0.5, 0.6) is 0 Å². The number of hydrogen-bond donors (Lipinski definition) is 2. The SMILES string of the molecule is CC(C)C[C@@]1(OC(=O)NC2(C#N)CC2)C[C@H](S(=O)(=O)c2ccccc2)[C@@H](c2ccc(F)cc2)N1. The van der Waals surface area contributed by atoms with Crippen LogP contribution in [0.1, 0.15) is 51.1 Å². The van der Waals surface area contributed by atoms with E-state index in [1.165, 1.54) is 24.3 Å². The fourth-order valence-corrected chi connectivity index (χ4v) is 6.58. The predicted octanol–water partition coefficient (Wildman–Crippen LogP) is 4.23. The molecule has 9 heteroatoms. The zero-order valence-corrected chi connectivity index (χ0v) is 19.9. The Bertz CT molecular complexity index is 1190. The highest BCUT2D eigenvalue weighted by Crippen LogP contribution is 2.43. The average Bonchev–Trinajstić information content (AvgIpc) is 3.46. The summed E-state index contributed by atoms with van der Waals surface area (Å²) in [6.45, 7) is 3.91. The van der Waals surface area contributed by atoms with Crippen molar-refractivity contribution in [3.05, 3.63) is 66.0 Å². The number of hydrogen-bond acceptors (Lipinski definition) is 6. The van der Waals surface area contributed by atoms with Crippen LogP contribution in [0.4, 0.5) is 9.18 Å². The first-order valence-corrected chi connectivity index (χ1v) is 12.9. The third-order valence-electron chi connectivity index (χ3n) is 6.35. The molecule has 2 fully saturated rings. The van der Waals surface area contributed by atoms with Crippen molar-refractivity contribution < 1.29 is 22.3 Å². The second kappa shape index (κ2) is 9.01. The van der Waals surface area contributed by atoms with Gasteiger partial charge < -0.3 is 10.1 Å². The van der Waals surface area contributed by atoms with Crippen LogP contribution in [0, 0.1) is 23.1 Å². The first kappa shape index (κ1) is 24.2. The molecule has 1 saturated carbocycles. The maximum Gasteiger partial charge on any atom is 0.410 e. The minimum Gasteiger partial charge on any atom is -0.428 e. The molecular formula is C25H28FN3O4S. The van der Waals surface area contributed by atoms with Crippen molar-refractivity contribution in [2.45, 2.75) is 67.0 Å². The maximum atomic E-state index is 13.7. The molecule has 0 unspecified atom stereocenters. The molecule has 0 bridgehead atoms. The molecule has 7 nitrogen and oxygen atoms in total. The van der Waals surface area contributed by atoms with Crippen LogP contribution in [0.25, 0.3) is 0 Å². The molecule has 1 heterocycles. The number of amides is 1. The maximum absolute atomic E-state index is 13.7. The van der Waals surface area contributed by atoms with Gasteiger partial charge in [0, 0.05) is 12.8 Å². The van der Waals surface area contributed by atoms with Crippen LogP contribution in [0.15, 0.2) is 59.5 Å². The first-order chi connectivity index (χ1) is 16.1. The zero-order valence-electron chi connectivity index (χ0n) is 19.1. The summed E-state index contributed by atoms with van der Waals surface area (Å²) >= 11 is 0. The van der Waals surface area contributed by atoms with E-state index in [0.29, 0.717) is 24.8 Å². The summed E-state index contributed by atoms with van der Waals surface area (Å²) in [6, 6.07) is 15.1. The van der Waals surface area contributed by atoms with E-state index in [1.54, 1.807) is 30.3 Å². The Labute approximate surface area is 199 Å². The number of halogens is 1. The minimum absolute atomic E-state index is 0.0113. The Kier molecular flexibility index (Phi) is 6.40. The van der Waals surface area contributed by atoms with E-state index in [-0.39, 0.29) is 17.2 Å². The quantitative estimate of drug-likeness (QED) is 0.608. The number of benzene rings is 2. The largest absolute Gasteiger partial charge is 0.428 e. The van der Waals surface area contributed by atoms with E-state index in [1.807, 2.05) is 13.8 Å². The lowest BCUT2D eigenvalue weighted by atomic mass is 9.98. The molecule has 2 aromatic rings. The van der Waals surface area contributed by atoms with Crippen molar-refractivity contribution in [2.24, 2.45) is 5.92 Å². The van der Waals surface area contributed by atoms with E-state index in [4.69, 9.17) is 4.74 Å². The third-order valence-corrected chi connectivity index (χ3v) is 8.52. The fraction of sp³-hybridized carbons (Fsp3) is 0.440. The summed E-state index contributed by atoms with van der Waals surface area (Å²) in [5.74, 6) is -0.363. The second-order valence-corrected chi connectivity index (χ2v) is 11.7. The number of sulfone groups is 1. The molecule has 34 heavy (non-hydrogen) atoms. The Hall–Kier alpha value is -2.96. The number of nitrogens with zero attached hydrogens (tertiary/aromatic N) is 1. The molecule has 0 radical (unpaired) electrons. The van der Waals surface area contributed by atoms with E-state index in [9.17, 15) is 22.9 Å². The number of rotatable bonds is 7. The highest BCUT2D eigenvalue weighted by molar-refractivity contribution is 7.92. The number of ether oxygens (including phenoxy) is 1. The molecule has 4 rings (SSSR count). The molecular weight excluding hydrogens is 457 g/mol. The lowest BCUT2D eigenvalue weighted by Crippen LogP contribution is -2.49. The molecule has 0 spiro atoms. The van der Waals surface area contributed by atoms with Crippen LogP contribution < -0.4 is 10.6 Å². The average molecular weight is 486 g/mol. The van der Waals surface area contributed by atoms with E-state index < -0.39 is 44.3 Å². The van der Waals surface area contributed by atoms with Gasteiger partial charge in [0.2, 0.25) is 0 Å². The van der Waals surface area contributed by atoms with Gasteiger partial charge in [-0.3, -0.25) is 5.32 Å². The molecule has 2 N–H and O–H groups in total. The van der Waals surface area contributed by atoms with Gasteiger partial charge in [-0.1, -0.05) is 44.2 Å². The van der Waals surface area contributed by atoms with Crippen LogP contribution in [-0.2, 0) is 14.6 Å². The van der Waals surface area contributed by atoms with E-state index in [0.717, 1.165) is 0 Å². The van der Waals surface area contributed by atoms with E-state index in [2.05, 4.69) is 16.7 Å². The van der Waals surface area contributed by atoms with Crippen LogP contribution >= 0.6 is 0 Å². The van der Waals surface area contributed by atoms with E-state index >= 15 is 0 Å². The Balaban J connectivity index is 1.72. The van der Waals surface area contributed by atoms with Gasteiger partial charge in [0.25, 0.3) is 0 Å². The lowest BCUT2D eigenvalue weighted by molar-refractivity contribution is -0.0206. The van der Waals surface area contributed by atoms with Crippen molar-refractivity contribution >= 4 is 15.9 Å². The number of alkyl carbamates (subject to hydrolysis) is 1. The van der Waals surface area contributed by atoms with Crippen molar-refractivity contribution in [1.82, 2.24) is 10.6 Å². The van der Waals surface area contributed by atoms with Gasteiger partial charge in [0.05, 0.1) is 22.3 Å². The van der Waals surface area contributed by atoms with Gasteiger partial charge in [0.1, 0.15) is 11.4 Å². The van der Waals surface area contributed by atoms with Gasteiger partial charge in [0.15, 0.2) is 15.6 Å². The molecule has 1 aliphatic heterocycles. The third kappa shape index (κ3) is 4.93. The number of carbonyl (C=O) groups is 1. The molecule has 180 valence electrons. The molecule has 1 aliphatic carbocycles. The van der Waals surface area contributed by atoms with Gasteiger partial charge >= 0.3 is 6.09 Å². The predicted molar refractivity (Wildman–Crippen MR) is 124 cm³/mol. The van der Waals surface area contributed by atoms with Crippen molar-refractivity contribution in [1.29, 1.82) is 5.26 Å². The van der Waals surface area contributed by atoms with Gasteiger partial charge in [-0.25, -0.2) is 17.6 Å². The van der Waals surface area contributed by atoms with Crippen LogP contribution in [0.3, 0.4) is 0 Å². The number of nitriles is 1.